The Kier molecular flexibility index (Phi) is 3.60. The fraction of sp³-hybridized carbons (Fsp3) is 0.529. The number of amides is 1. The molecule has 0 bridgehead atoms. The van der Waals surface area contributed by atoms with Gasteiger partial charge in [-0.15, -0.1) is 0 Å². The average molecular weight is 270 g/mol. The van der Waals surface area contributed by atoms with E-state index in [4.69, 9.17) is 5.26 Å². The van der Waals surface area contributed by atoms with E-state index in [0.29, 0.717) is 13.0 Å². The number of nitriles is 1. The average Bonchev–Trinajstić information content (AvgIpc) is 2.81. The maximum Gasteiger partial charge on any atom is 0.231 e. The van der Waals surface area contributed by atoms with Crippen molar-refractivity contribution in [3.8, 4) is 6.07 Å². The van der Waals surface area contributed by atoms with Crippen LogP contribution in [0.4, 0.5) is 5.69 Å². The van der Waals surface area contributed by atoms with E-state index in [1.807, 2.05) is 30.3 Å². The van der Waals surface area contributed by atoms with Crippen molar-refractivity contribution < 1.29 is 4.79 Å². The molecule has 0 unspecified atom stereocenters. The molecule has 1 aliphatic carbocycles. The van der Waals surface area contributed by atoms with E-state index >= 15 is 0 Å². The van der Waals surface area contributed by atoms with Crippen LogP contribution in [-0.2, 0) is 4.79 Å². The lowest BCUT2D eigenvalue weighted by molar-refractivity contribution is -0.120. The van der Waals surface area contributed by atoms with E-state index in [2.05, 4.69) is 33.8 Å². The SMILES string of the molecule is CC1(C)C(C(=O)N(CCC#N)c2ccccc2)C1(C)C. The highest BCUT2D eigenvalue weighted by atomic mass is 16.2. The molecule has 3 heteroatoms. The molecule has 1 aromatic carbocycles. The highest BCUT2D eigenvalue weighted by Gasteiger charge is 2.68. The molecule has 3 nitrogen and oxygen atoms in total. The van der Waals surface area contributed by atoms with Crippen molar-refractivity contribution in [2.75, 3.05) is 11.4 Å². The van der Waals surface area contributed by atoms with E-state index < -0.39 is 0 Å². The molecule has 0 saturated heterocycles. The number of benzene rings is 1. The summed E-state index contributed by atoms with van der Waals surface area (Å²) in [6.45, 7) is 9.03. The molecule has 1 saturated carbocycles. The van der Waals surface area contributed by atoms with Gasteiger partial charge in [0.15, 0.2) is 0 Å². The van der Waals surface area contributed by atoms with Gasteiger partial charge in [0.2, 0.25) is 5.91 Å². The van der Waals surface area contributed by atoms with Crippen molar-refractivity contribution in [1.82, 2.24) is 0 Å². The minimum Gasteiger partial charge on any atom is -0.311 e. The first-order valence-corrected chi connectivity index (χ1v) is 7.07. The van der Waals surface area contributed by atoms with Crippen molar-refractivity contribution >= 4 is 11.6 Å². The lowest BCUT2D eigenvalue weighted by atomic mass is 10.0. The van der Waals surface area contributed by atoms with Crippen LogP contribution in [0.25, 0.3) is 0 Å². The van der Waals surface area contributed by atoms with Crippen LogP contribution < -0.4 is 4.90 Å². The van der Waals surface area contributed by atoms with Crippen LogP contribution in [0, 0.1) is 28.1 Å². The molecule has 0 aromatic heterocycles. The third-order valence-corrected chi connectivity index (χ3v) is 5.05. The van der Waals surface area contributed by atoms with Gasteiger partial charge in [-0.1, -0.05) is 45.9 Å². The van der Waals surface area contributed by atoms with Gasteiger partial charge < -0.3 is 4.90 Å². The standard InChI is InChI=1S/C17H22N2O/c1-16(2)14(17(16,3)4)15(20)19(12-8-11-18)13-9-6-5-7-10-13/h5-7,9-10,14H,8,12H2,1-4H3. The zero-order valence-electron chi connectivity index (χ0n) is 12.7. The first-order chi connectivity index (χ1) is 9.34. The Bertz CT molecular complexity index is 526. The van der Waals surface area contributed by atoms with Crippen molar-refractivity contribution in [3.63, 3.8) is 0 Å². The van der Waals surface area contributed by atoms with Crippen LogP contribution in [0.2, 0.25) is 0 Å². The first kappa shape index (κ1) is 14.6. The van der Waals surface area contributed by atoms with Gasteiger partial charge in [0.1, 0.15) is 0 Å². The quantitative estimate of drug-likeness (QED) is 0.838. The first-order valence-electron chi connectivity index (χ1n) is 7.07. The van der Waals surface area contributed by atoms with Crippen molar-refractivity contribution in [2.45, 2.75) is 34.1 Å². The lowest BCUT2D eigenvalue weighted by Crippen LogP contribution is -2.34. The van der Waals surface area contributed by atoms with Gasteiger partial charge in [-0.25, -0.2) is 0 Å². The number of nitrogens with zero attached hydrogens (tertiary/aromatic N) is 2. The summed E-state index contributed by atoms with van der Waals surface area (Å²) in [4.78, 5) is 14.6. The van der Waals surface area contributed by atoms with Gasteiger partial charge in [-0.2, -0.15) is 5.26 Å². The fourth-order valence-electron chi connectivity index (χ4n) is 3.11. The second-order valence-corrected chi connectivity index (χ2v) is 6.61. The fourth-order valence-corrected chi connectivity index (χ4v) is 3.11. The summed E-state index contributed by atoms with van der Waals surface area (Å²) >= 11 is 0. The number of rotatable bonds is 4. The van der Waals surface area contributed by atoms with Crippen LogP contribution in [0.15, 0.2) is 30.3 Å². The summed E-state index contributed by atoms with van der Waals surface area (Å²) < 4.78 is 0. The largest absolute Gasteiger partial charge is 0.311 e. The summed E-state index contributed by atoms with van der Waals surface area (Å²) in [6, 6.07) is 11.8. The van der Waals surface area contributed by atoms with Gasteiger partial charge in [0, 0.05) is 18.2 Å². The summed E-state index contributed by atoms with van der Waals surface area (Å²) in [5, 5.41) is 8.82. The van der Waals surface area contributed by atoms with Crippen molar-refractivity contribution in [2.24, 2.45) is 16.7 Å². The minimum atomic E-state index is 0.0176. The molecule has 1 amide bonds. The maximum atomic E-state index is 12.9. The number of hydrogen-bond donors (Lipinski definition) is 0. The molecule has 1 fully saturated rings. The Labute approximate surface area is 121 Å². The highest BCUT2D eigenvalue weighted by molar-refractivity contribution is 5.98. The highest BCUT2D eigenvalue weighted by Crippen LogP contribution is 2.68. The Morgan fingerprint density at radius 2 is 1.75 bits per heavy atom. The second kappa shape index (κ2) is 4.94. The predicted octanol–water partition coefficient (Wildman–Crippen LogP) is 3.62. The molecule has 0 radical (unpaired) electrons. The van der Waals surface area contributed by atoms with Gasteiger partial charge in [-0.05, 0) is 23.0 Å². The Hall–Kier alpha value is -1.82. The van der Waals surface area contributed by atoms with Crippen LogP contribution in [0.1, 0.15) is 34.1 Å². The number of para-hydroxylation sites is 1. The number of carbonyl (C=O) groups excluding carboxylic acids is 1. The predicted molar refractivity (Wildman–Crippen MR) is 80.1 cm³/mol. The summed E-state index contributed by atoms with van der Waals surface area (Å²) in [5.41, 5.74) is 0.916. The van der Waals surface area contributed by atoms with Crippen molar-refractivity contribution in [3.05, 3.63) is 30.3 Å². The Morgan fingerprint density at radius 3 is 2.20 bits per heavy atom. The lowest BCUT2D eigenvalue weighted by Gasteiger charge is -2.23. The third kappa shape index (κ3) is 2.20. The van der Waals surface area contributed by atoms with Crippen LogP contribution in [0.5, 0.6) is 0 Å². The maximum absolute atomic E-state index is 12.9. The Balaban J connectivity index is 2.25. The molecule has 20 heavy (non-hydrogen) atoms. The Morgan fingerprint density at radius 1 is 1.20 bits per heavy atom. The number of hydrogen-bond acceptors (Lipinski definition) is 2. The molecule has 106 valence electrons. The van der Waals surface area contributed by atoms with Crippen LogP contribution in [-0.4, -0.2) is 12.5 Å². The van der Waals surface area contributed by atoms with E-state index in [0.717, 1.165) is 5.69 Å². The molecule has 0 aliphatic heterocycles. The second-order valence-electron chi connectivity index (χ2n) is 6.61. The zero-order chi connectivity index (χ0) is 15.0. The number of anilines is 1. The topological polar surface area (TPSA) is 44.1 Å². The van der Waals surface area contributed by atoms with E-state index in [1.165, 1.54) is 0 Å². The van der Waals surface area contributed by atoms with Crippen LogP contribution >= 0.6 is 0 Å². The summed E-state index contributed by atoms with van der Waals surface area (Å²) in [7, 11) is 0. The molecule has 0 atom stereocenters. The third-order valence-electron chi connectivity index (χ3n) is 5.05. The van der Waals surface area contributed by atoms with Gasteiger partial charge >= 0.3 is 0 Å². The van der Waals surface area contributed by atoms with E-state index in [1.54, 1.807) is 4.90 Å². The molecule has 1 aromatic rings. The number of carbonyl (C=O) groups is 1. The molecule has 0 N–H and O–H groups in total. The van der Waals surface area contributed by atoms with E-state index in [-0.39, 0.29) is 22.7 Å². The van der Waals surface area contributed by atoms with Crippen LogP contribution in [0.3, 0.4) is 0 Å². The molecular weight excluding hydrogens is 248 g/mol. The molecular formula is C17H22N2O. The monoisotopic (exact) mass is 270 g/mol. The minimum absolute atomic E-state index is 0.0176. The van der Waals surface area contributed by atoms with Gasteiger partial charge in [0.25, 0.3) is 0 Å². The molecule has 0 spiro atoms. The van der Waals surface area contributed by atoms with E-state index in [9.17, 15) is 4.79 Å². The molecule has 0 heterocycles. The smallest absolute Gasteiger partial charge is 0.231 e. The zero-order valence-corrected chi connectivity index (χ0v) is 12.7. The molecule has 2 rings (SSSR count). The van der Waals surface area contributed by atoms with Gasteiger partial charge in [-0.3, -0.25) is 4.79 Å². The van der Waals surface area contributed by atoms with Crippen molar-refractivity contribution in [1.29, 1.82) is 5.26 Å². The van der Waals surface area contributed by atoms with Gasteiger partial charge in [0.05, 0.1) is 12.5 Å². The summed E-state index contributed by atoms with van der Waals surface area (Å²) in [5.74, 6) is 0.162. The normalized spacial score (nSPS) is 19.1. The summed E-state index contributed by atoms with van der Waals surface area (Å²) in [6.07, 6.45) is 0.355. The molecule has 1 aliphatic rings.